The van der Waals surface area contributed by atoms with Crippen molar-refractivity contribution in [1.29, 1.82) is 0 Å². The van der Waals surface area contributed by atoms with E-state index in [0.29, 0.717) is 11.3 Å². The number of aliphatic imine (C=N–C) groups is 1. The van der Waals surface area contributed by atoms with Gasteiger partial charge in [0.2, 0.25) is 11.9 Å². The summed E-state index contributed by atoms with van der Waals surface area (Å²) in [7, 11) is 1.10. The molecule has 0 radical (unpaired) electrons. The fraction of sp³-hybridized carbons (Fsp3) is 0.810. The molecule has 0 aliphatic heterocycles. The van der Waals surface area contributed by atoms with Crippen LogP contribution in [0, 0.1) is 0 Å². The largest absolute Gasteiger partial charge is 0.468 e. The zero-order valence-electron chi connectivity index (χ0n) is 21.5. The van der Waals surface area contributed by atoms with Crippen LogP contribution in [0.3, 0.4) is 0 Å². The van der Waals surface area contributed by atoms with Gasteiger partial charge in [0.25, 0.3) is 0 Å². The second kappa shape index (κ2) is 14.8. The lowest BCUT2D eigenvalue weighted by molar-refractivity contribution is -0.140. The maximum Gasteiger partial charge on any atom is 0.437 e. The zero-order valence-corrected chi connectivity index (χ0v) is 18.5. The van der Waals surface area contributed by atoms with Gasteiger partial charge in [-0.2, -0.15) is 0 Å². The summed E-state index contributed by atoms with van der Waals surface area (Å²) in [6.45, 7) is 3.44. The molecule has 0 aliphatic rings. The standard InChI is InChI=1S/C21H39N3O5/c1-7-8-9-10-11-12-13-14-15-17(25)22-19(24(5)16-18(26)28-6)23-20(27)29-21(2,3)4/h7-16H2,1-6H3,(H,22,23,25,27)/i5D3. The predicted molar refractivity (Wildman–Crippen MR) is 114 cm³/mol. The van der Waals surface area contributed by atoms with Gasteiger partial charge in [0, 0.05) is 17.5 Å². The highest BCUT2D eigenvalue weighted by atomic mass is 16.6. The van der Waals surface area contributed by atoms with E-state index in [-0.39, 0.29) is 6.42 Å². The molecular formula is C21H39N3O5. The second-order valence-electron chi connectivity index (χ2n) is 7.85. The molecule has 0 saturated heterocycles. The highest BCUT2D eigenvalue weighted by Gasteiger charge is 2.20. The Morgan fingerprint density at radius 3 is 2.14 bits per heavy atom. The monoisotopic (exact) mass is 416 g/mol. The minimum Gasteiger partial charge on any atom is -0.468 e. The van der Waals surface area contributed by atoms with E-state index in [0.717, 1.165) is 26.4 Å². The fourth-order valence-electron chi connectivity index (χ4n) is 2.40. The number of methoxy groups -OCH3 is 1. The van der Waals surface area contributed by atoms with E-state index in [1.165, 1.54) is 25.7 Å². The summed E-state index contributed by atoms with van der Waals surface area (Å²) >= 11 is 0. The van der Waals surface area contributed by atoms with Crippen molar-refractivity contribution in [3.05, 3.63) is 0 Å². The fourth-order valence-corrected chi connectivity index (χ4v) is 2.40. The summed E-state index contributed by atoms with van der Waals surface area (Å²) in [5, 5.41) is 2.36. The van der Waals surface area contributed by atoms with Crippen molar-refractivity contribution in [2.45, 2.75) is 91.1 Å². The number of amides is 2. The number of carbonyl (C=O) groups excluding carboxylic acids is 3. The molecule has 2 amide bonds. The number of hydrogen-bond donors (Lipinski definition) is 1. The average Bonchev–Trinajstić information content (AvgIpc) is 2.65. The third kappa shape index (κ3) is 15.5. The Hall–Kier alpha value is -2.12. The number of ether oxygens (including phenoxy) is 2. The van der Waals surface area contributed by atoms with Crippen LogP contribution in [0.5, 0.6) is 0 Å². The van der Waals surface area contributed by atoms with Crippen molar-refractivity contribution in [3.63, 3.8) is 0 Å². The highest BCUT2D eigenvalue weighted by Crippen LogP contribution is 2.10. The van der Waals surface area contributed by atoms with E-state index in [2.05, 4.69) is 22.0 Å². The number of likely N-dealkylation sites (N-methyl/N-ethyl adjacent to an activating group) is 1. The molecule has 0 bridgehead atoms. The number of carbonyl (C=O) groups is 3. The van der Waals surface area contributed by atoms with Crippen molar-refractivity contribution in [2.24, 2.45) is 4.99 Å². The maximum atomic E-state index is 12.4. The molecule has 168 valence electrons. The van der Waals surface area contributed by atoms with Crippen molar-refractivity contribution >= 4 is 23.9 Å². The summed E-state index contributed by atoms with van der Waals surface area (Å²) in [5.74, 6) is -1.94. The summed E-state index contributed by atoms with van der Waals surface area (Å²) in [6, 6.07) is 0. The number of nitrogens with one attached hydrogen (secondary N) is 1. The third-order valence-corrected chi connectivity index (χ3v) is 3.87. The van der Waals surface area contributed by atoms with Crippen LogP contribution in [0.2, 0.25) is 0 Å². The zero-order chi connectivity index (χ0) is 24.8. The quantitative estimate of drug-likeness (QED) is 0.236. The molecule has 0 spiro atoms. The second-order valence-corrected chi connectivity index (χ2v) is 7.85. The first-order valence-electron chi connectivity index (χ1n) is 11.8. The van der Waals surface area contributed by atoms with Crippen molar-refractivity contribution in [2.75, 3.05) is 20.6 Å². The lowest BCUT2D eigenvalue weighted by atomic mass is 10.1. The van der Waals surface area contributed by atoms with E-state index < -0.39 is 43.1 Å². The van der Waals surface area contributed by atoms with Crippen LogP contribution in [-0.4, -0.2) is 55.1 Å². The molecule has 0 aromatic heterocycles. The van der Waals surface area contributed by atoms with Gasteiger partial charge >= 0.3 is 12.1 Å². The van der Waals surface area contributed by atoms with Crippen LogP contribution in [0.4, 0.5) is 4.79 Å². The number of hydrogen-bond acceptors (Lipinski definition) is 5. The first-order chi connectivity index (χ1) is 14.8. The minimum absolute atomic E-state index is 0.134. The van der Waals surface area contributed by atoms with Gasteiger partial charge in [0.15, 0.2) is 0 Å². The Balaban J connectivity index is 5.17. The van der Waals surface area contributed by atoms with Crippen molar-refractivity contribution in [3.8, 4) is 0 Å². The predicted octanol–water partition coefficient (Wildman–Crippen LogP) is 4.03. The van der Waals surface area contributed by atoms with E-state index in [9.17, 15) is 14.4 Å². The first kappa shape index (κ1) is 21.6. The number of unbranched alkanes of at least 4 members (excludes halogenated alkanes) is 7. The van der Waals surface area contributed by atoms with Gasteiger partial charge in [-0.3, -0.25) is 14.9 Å². The van der Waals surface area contributed by atoms with Crippen LogP contribution >= 0.6 is 0 Å². The third-order valence-electron chi connectivity index (χ3n) is 3.87. The molecule has 0 aromatic rings. The number of nitrogens with zero attached hydrogens (tertiary/aromatic N) is 2. The van der Waals surface area contributed by atoms with Crippen LogP contribution in [0.15, 0.2) is 4.99 Å². The van der Waals surface area contributed by atoms with Crippen LogP contribution in [-0.2, 0) is 19.1 Å². The summed E-state index contributed by atoms with van der Waals surface area (Å²) in [6.07, 6.45) is 7.46. The van der Waals surface area contributed by atoms with Crippen LogP contribution in [0.25, 0.3) is 0 Å². The Kier molecular flexibility index (Phi) is 11.0. The van der Waals surface area contributed by atoms with E-state index in [4.69, 9.17) is 8.85 Å². The highest BCUT2D eigenvalue weighted by molar-refractivity contribution is 6.01. The number of guanidine groups is 1. The van der Waals surface area contributed by atoms with Gasteiger partial charge in [-0.25, -0.2) is 4.79 Å². The van der Waals surface area contributed by atoms with Gasteiger partial charge in [0.05, 0.1) is 7.11 Å². The number of rotatable bonds is 11. The maximum absolute atomic E-state index is 12.4. The Labute approximate surface area is 179 Å². The van der Waals surface area contributed by atoms with Crippen molar-refractivity contribution < 1.29 is 28.0 Å². The van der Waals surface area contributed by atoms with E-state index in [1.54, 1.807) is 20.8 Å². The molecule has 8 nitrogen and oxygen atoms in total. The molecule has 1 N–H and O–H groups in total. The normalized spacial score (nSPS) is 13.7. The van der Waals surface area contributed by atoms with E-state index in [1.807, 2.05) is 0 Å². The molecule has 0 unspecified atom stereocenters. The molecule has 0 saturated carbocycles. The minimum atomic E-state index is -2.86. The molecule has 0 atom stereocenters. The molecular weight excluding hydrogens is 374 g/mol. The Bertz CT molecular complexity index is 631. The topological polar surface area (TPSA) is 97.3 Å². The lowest BCUT2D eigenvalue weighted by Crippen LogP contribution is -2.45. The molecule has 0 heterocycles. The Morgan fingerprint density at radius 2 is 1.62 bits per heavy atom. The molecule has 0 aliphatic carbocycles. The SMILES string of the molecule is [2H]C([2H])([2H])N(CC(=O)OC)C(=NC(=O)OC(C)(C)C)NC(=O)CCCCCCCCCC. The van der Waals surface area contributed by atoms with Gasteiger partial charge < -0.3 is 14.4 Å². The molecule has 0 fully saturated rings. The molecule has 0 aromatic carbocycles. The average molecular weight is 417 g/mol. The summed E-state index contributed by atoms with van der Waals surface area (Å²) < 4.78 is 32.7. The van der Waals surface area contributed by atoms with Crippen LogP contribution < -0.4 is 5.32 Å². The smallest absolute Gasteiger partial charge is 0.437 e. The van der Waals surface area contributed by atoms with Gasteiger partial charge in [0.1, 0.15) is 12.1 Å². The molecule has 29 heavy (non-hydrogen) atoms. The summed E-state index contributed by atoms with van der Waals surface area (Å²) in [4.78, 5) is 40.4. The number of esters is 1. The van der Waals surface area contributed by atoms with Crippen LogP contribution in [0.1, 0.15) is 89.6 Å². The Morgan fingerprint density at radius 1 is 1.03 bits per heavy atom. The van der Waals surface area contributed by atoms with Gasteiger partial charge in [-0.1, -0.05) is 51.9 Å². The molecule has 0 rings (SSSR count). The lowest BCUT2D eigenvalue weighted by Gasteiger charge is -2.22. The first-order valence-corrected chi connectivity index (χ1v) is 10.3. The summed E-state index contributed by atoms with van der Waals surface area (Å²) in [5.41, 5.74) is -0.875. The van der Waals surface area contributed by atoms with Crippen molar-refractivity contribution in [1.82, 2.24) is 10.2 Å². The van der Waals surface area contributed by atoms with Gasteiger partial charge in [-0.05, 0) is 27.2 Å². The van der Waals surface area contributed by atoms with E-state index >= 15 is 0 Å². The molecule has 8 heteroatoms. The van der Waals surface area contributed by atoms with Gasteiger partial charge in [-0.15, -0.1) is 4.99 Å².